The molecule has 0 unspecified atom stereocenters. The molecule has 13 rings (SSSR count). The van der Waals surface area contributed by atoms with E-state index in [0.717, 1.165) is 34.8 Å². The van der Waals surface area contributed by atoms with Crippen LogP contribution in [0.5, 0.6) is 0 Å². The highest BCUT2D eigenvalue weighted by Gasteiger charge is 2.36. The van der Waals surface area contributed by atoms with Crippen molar-refractivity contribution in [2.24, 2.45) is 0 Å². The smallest absolute Gasteiger partial charge is 0.146 e. The Kier molecular flexibility index (Phi) is 8.63. The molecule has 2 aromatic heterocycles. The summed E-state index contributed by atoms with van der Waals surface area (Å²) in [6.45, 7) is 4.71. The van der Waals surface area contributed by atoms with Crippen LogP contribution in [0, 0.1) is 0 Å². The third-order valence-electron chi connectivity index (χ3n) is 14.2. The molecule has 0 saturated carbocycles. The van der Waals surface area contributed by atoms with E-state index in [1.807, 2.05) is 0 Å². The highest BCUT2D eigenvalue weighted by Crippen LogP contribution is 2.51. The van der Waals surface area contributed by atoms with Gasteiger partial charge in [-0.15, -0.1) is 0 Å². The molecule has 0 spiro atoms. The lowest BCUT2D eigenvalue weighted by Crippen LogP contribution is -2.16. The van der Waals surface area contributed by atoms with Crippen LogP contribution in [0.2, 0.25) is 0 Å². The number of rotatable bonds is 6. The van der Waals surface area contributed by atoms with Gasteiger partial charge in [0.15, 0.2) is 0 Å². The number of aromatic nitrogens is 2. The summed E-state index contributed by atoms with van der Waals surface area (Å²) in [4.78, 5) is 7.82. The quantitative estimate of drug-likeness (QED) is 0.155. The van der Waals surface area contributed by atoms with E-state index in [-0.39, 0.29) is 5.41 Å². The first-order valence-corrected chi connectivity index (χ1v) is 23.0. The second-order valence-corrected chi connectivity index (χ2v) is 18.3. The first kappa shape index (κ1) is 38.2. The minimum atomic E-state index is -0.111. The van der Waals surface area contributed by atoms with Crippen molar-refractivity contribution in [2.45, 2.75) is 25.7 Å². The zero-order valence-corrected chi connectivity index (χ0v) is 36.9. The van der Waals surface area contributed by atoms with Gasteiger partial charge < -0.3 is 4.90 Å². The molecule has 0 amide bonds. The molecule has 0 bridgehead atoms. The fourth-order valence-electron chi connectivity index (χ4n) is 11.0. The van der Waals surface area contributed by atoms with E-state index in [1.54, 1.807) is 0 Å². The van der Waals surface area contributed by atoms with Gasteiger partial charge in [0.05, 0.1) is 22.6 Å². The van der Waals surface area contributed by atoms with Crippen molar-refractivity contribution < 1.29 is 0 Å². The molecule has 3 heteroatoms. The van der Waals surface area contributed by atoms with Gasteiger partial charge in [-0.2, -0.15) is 0 Å². The number of para-hydroxylation sites is 2. The average Bonchev–Trinajstić information content (AvgIpc) is 3.88. The van der Waals surface area contributed by atoms with Gasteiger partial charge in [-0.05, 0) is 97.4 Å². The molecular weight excluding hydrogens is 799 g/mol. The number of allylic oxidation sites excluding steroid dienone is 1. The number of pyridine rings is 1. The van der Waals surface area contributed by atoms with Gasteiger partial charge in [-0.3, -0.25) is 4.40 Å². The Morgan fingerprint density at radius 1 is 0.470 bits per heavy atom. The van der Waals surface area contributed by atoms with Gasteiger partial charge in [0.1, 0.15) is 5.65 Å². The minimum Gasteiger partial charge on any atom is -0.310 e. The molecule has 0 N–H and O–H groups in total. The summed E-state index contributed by atoms with van der Waals surface area (Å²) in [7, 11) is 0. The van der Waals surface area contributed by atoms with Crippen LogP contribution in [0.3, 0.4) is 0 Å². The zero-order chi connectivity index (χ0) is 43.9. The maximum absolute atomic E-state index is 5.39. The Labute approximate surface area is 385 Å². The van der Waals surface area contributed by atoms with Gasteiger partial charge in [-0.1, -0.05) is 202 Å². The van der Waals surface area contributed by atoms with Gasteiger partial charge in [0.25, 0.3) is 0 Å². The lowest BCUT2D eigenvalue weighted by Gasteiger charge is -2.30. The molecule has 9 aromatic carbocycles. The third kappa shape index (κ3) is 5.93. The fourth-order valence-corrected chi connectivity index (χ4v) is 11.0. The molecule has 66 heavy (non-hydrogen) atoms. The standard InChI is InChI=1S/C63H45N3/c1-63(2)56-25-13-10-21-51(56)52-37-36-47(40-57(52)63)65(58-26-14-11-19-49(58)44-16-4-3-5-17-44)46-34-32-43(33-35-46)42-30-28-41(29-31-42)38-45-39-60-61(54-23-8-6-18-48(45)54)64-62-55-24-9-7-20-50(55)53-22-12-15-27-59(53)66(60)62/h3-38,40H,39H2,1-2H3/b45-38-. The van der Waals surface area contributed by atoms with Crippen molar-refractivity contribution in [2.75, 3.05) is 4.90 Å². The molecule has 0 saturated heterocycles. The average molecular weight is 844 g/mol. The Bertz CT molecular complexity index is 3740. The van der Waals surface area contributed by atoms with Crippen molar-refractivity contribution in [1.29, 1.82) is 0 Å². The van der Waals surface area contributed by atoms with Crippen LogP contribution >= 0.6 is 0 Å². The molecule has 2 aliphatic rings. The predicted molar refractivity (Wildman–Crippen MR) is 277 cm³/mol. The number of hydrogen-bond donors (Lipinski definition) is 0. The first-order valence-electron chi connectivity index (χ1n) is 23.0. The molecule has 11 aromatic rings. The van der Waals surface area contributed by atoms with Crippen molar-refractivity contribution in [3.05, 3.63) is 246 Å². The van der Waals surface area contributed by atoms with Crippen molar-refractivity contribution in [3.8, 4) is 44.6 Å². The van der Waals surface area contributed by atoms with Crippen molar-refractivity contribution in [1.82, 2.24) is 9.38 Å². The second-order valence-electron chi connectivity index (χ2n) is 18.3. The van der Waals surface area contributed by atoms with E-state index < -0.39 is 0 Å². The highest BCUT2D eigenvalue weighted by molar-refractivity contribution is 6.12. The molecule has 0 fully saturated rings. The molecule has 312 valence electrons. The van der Waals surface area contributed by atoms with Crippen LogP contribution < -0.4 is 4.90 Å². The Morgan fingerprint density at radius 3 is 1.85 bits per heavy atom. The van der Waals surface area contributed by atoms with E-state index in [0.29, 0.717) is 0 Å². The van der Waals surface area contributed by atoms with E-state index in [4.69, 9.17) is 4.98 Å². The maximum Gasteiger partial charge on any atom is 0.146 e. The molecule has 2 heterocycles. The minimum absolute atomic E-state index is 0.111. The number of anilines is 3. The van der Waals surface area contributed by atoms with Crippen molar-refractivity contribution in [3.63, 3.8) is 0 Å². The number of imidazole rings is 1. The van der Waals surface area contributed by atoms with E-state index in [1.165, 1.54) is 94.1 Å². The normalized spacial score (nSPS) is 14.0. The lowest BCUT2D eigenvalue weighted by atomic mass is 9.82. The number of nitrogens with zero attached hydrogens (tertiary/aromatic N) is 3. The molecule has 0 radical (unpaired) electrons. The largest absolute Gasteiger partial charge is 0.310 e. The van der Waals surface area contributed by atoms with Gasteiger partial charge in [0.2, 0.25) is 0 Å². The van der Waals surface area contributed by atoms with Crippen molar-refractivity contribution >= 4 is 56.0 Å². The zero-order valence-electron chi connectivity index (χ0n) is 36.9. The van der Waals surface area contributed by atoms with E-state index in [9.17, 15) is 0 Å². The maximum atomic E-state index is 5.39. The van der Waals surface area contributed by atoms with Crippen LogP contribution in [0.15, 0.2) is 218 Å². The summed E-state index contributed by atoms with van der Waals surface area (Å²) in [5.74, 6) is 0. The van der Waals surface area contributed by atoms with Gasteiger partial charge >= 0.3 is 0 Å². The van der Waals surface area contributed by atoms with Gasteiger partial charge in [0, 0.05) is 45.1 Å². The number of fused-ring (bicyclic) bond motifs is 13. The summed E-state index contributed by atoms with van der Waals surface area (Å²) in [6, 6.07) is 79.8. The summed E-state index contributed by atoms with van der Waals surface area (Å²) < 4.78 is 2.41. The summed E-state index contributed by atoms with van der Waals surface area (Å²) in [6.07, 6.45) is 3.16. The summed E-state index contributed by atoms with van der Waals surface area (Å²) >= 11 is 0. The molecule has 0 atom stereocenters. The molecule has 3 nitrogen and oxygen atoms in total. The lowest BCUT2D eigenvalue weighted by molar-refractivity contribution is 0.660. The Morgan fingerprint density at radius 2 is 1.06 bits per heavy atom. The van der Waals surface area contributed by atoms with Gasteiger partial charge in [-0.25, -0.2) is 4.98 Å². The van der Waals surface area contributed by atoms with E-state index >= 15 is 0 Å². The van der Waals surface area contributed by atoms with Crippen LogP contribution in [-0.2, 0) is 11.8 Å². The van der Waals surface area contributed by atoms with Crippen LogP contribution in [0.1, 0.15) is 41.8 Å². The van der Waals surface area contributed by atoms with Crippen LogP contribution in [-0.4, -0.2) is 9.38 Å². The Hall–Kier alpha value is -8.27. The number of hydrogen-bond acceptors (Lipinski definition) is 2. The monoisotopic (exact) mass is 843 g/mol. The molecule has 2 aliphatic carbocycles. The van der Waals surface area contributed by atoms with E-state index in [2.05, 4.69) is 248 Å². The SMILES string of the molecule is CC1(C)c2ccccc2-c2ccc(N(c3ccc(-c4ccc(/C=C5/Cc6c(nc7c8ccccc8c8ccccc8n67)-c6ccccc65)cc4)cc3)c3ccccc3-c3ccccc3)cc21. The third-order valence-corrected chi connectivity index (χ3v) is 14.2. The molecular formula is C63H45N3. The molecule has 0 aliphatic heterocycles. The van der Waals surface area contributed by atoms with Crippen LogP contribution in [0.25, 0.3) is 83.6 Å². The summed E-state index contributed by atoms with van der Waals surface area (Å²) in [5, 5.41) is 3.67. The number of benzene rings is 9. The highest BCUT2D eigenvalue weighted by atomic mass is 15.1. The van der Waals surface area contributed by atoms with Crippen LogP contribution in [0.4, 0.5) is 17.1 Å². The second kappa shape index (κ2) is 14.9. The topological polar surface area (TPSA) is 20.5 Å². The predicted octanol–water partition coefficient (Wildman–Crippen LogP) is 16.5. The Balaban J connectivity index is 0.864. The first-order chi connectivity index (χ1) is 32.5. The summed E-state index contributed by atoms with van der Waals surface area (Å²) in [5.41, 5.74) is 22.9. The fraction of sp³-hybridized carbons (Fsp3) is 0.0635.